The van der Waals surface area contributed by atoms with Crippen molar-refractivity contribution >= 4 is 11.6 Å². The zero-order valence-corrected chi connectivity index (χ0v) is 10.6. The van der Waals surface area contributed by atoms with E-state index in [1.807, 2.05) is 13.8 Å². The molecule has 0 aliphatic heterocycles. The van der Waals surface area contributed by atoms with Crippen LogP contribution in [0.3, 0.4) is 0 Å². The van der Waals surface area contributed by atoms with E-state index in [0.29, 0.717) is 12.3 Å². The Bertz CT molecular complexity index is 421. The highest BCUT2D eigenvalue weighted by atomic mass is 19.1. The molecular formula is C13H19FN2O2. The molecule has 0 saturated heterocycles. The third-order valence-corrected chi connectivity index (χ3v) is 2.57. The van der Waals surface area contributed by atoms with Gasteiger partial charge in [-0.15, -0.1) is 0 Å². The van der Waals surface area contributed by atoms with Gasteiger partial charge in [0.25, 0.3) is 5.91 Å². The van der Waals surface area contributed by atoms with Gasteiger partial charge in [-0.3, -0.25) is 4.79 Å². The van der Waals surface area contributed by atoms with Crippen LogP contribution in [0, 0.1) is 11.7 Å². The Morgan fingerprint density at radius 1 is 1.50 bits per heavy atom. The first kappa shape index (κ1) is 14.4. The first-order chi connectivity index (χ1) is 8.43. The van der Waals surface area contributed by atoms with E-state index in [0.717, 1.165) is 6.07 Å². The maximum absolute atomic E-state index is 13.2. The maximum Gasteiger partial charge on any atom is 0.251 e. The fourth-order valence-corrected chi connectivity index (χ4v) is 1.69. The summed E-state index contributed by atoms with van der Waals surface area (Å²) in [6, 6.07) is 3.57. The lowest BCUT2D eigenvalue weighted by Gasteiger charge is -2.18. The van der Waals surface area contributed by atoms with E-state index in [4.69, 9.17) is 10.8 Å². The van der Waals surface area contributed by atoms with Crippen LogP contribution in [0.1, 0.15) is 30.6 Å². The Morgan fingerprint density at radius 2 is 2.17 bits per heavy atom. The lowest BCUT2D eigenvalue weighted by molar-refractivity contribution is 0.0908. The van der Waals surface area contributed by atoms with Crippen LogP contribution >= 0.6 is 0 Å². The normalized spacial score (nSPS) is 12.5. The highest BCUT2D eigenvalue weighted by Gasteiger charge is 2.15. The number of amides is 1. The molecule has 0 fully saturated rings. The van der Waals surface area contributed by atoms with Crippen LogP contribution < -0.4 is 11.1 Å². The van der Waals surface area contributed by atoms with Crippen molar-refractivity contribution < 1.29 is 14.3 Å². The molecule has 1 unspecified atom stereocenters. The van der Waals surface area contributed by atoms with Crippen molar-refractivity contribution in [2.24, 2.45) is 5.92 Å². The summed E-state index contributed by atoms with van der Waals surface area (Å²) in [4.78, 5) is 11.8. The Hall–Kier alpha value is -1.62. The van der Waals surface area contributed by atoms with Crippen LogP contribution in [0.15, 0.2) is 18.2 Å². The molecule has 1 atom stereocenters. The van der Waals surface area contributed by atoms with Gasteiger partial charge in [0, 0.05) is 5.56 Å². The van der Waals surface area contributed by atoms with Gasteiger partial charge in [-0.1, -0.05) is 13.8 Å². The molecule has 100 valence electrons. The topological polar surface area (TPSA) is 75.3 Å². The van der Waals surface area contributed by atoms with Gasteiger partial charge in [-0.2, -0.15) is 0 Å². The minimum atomic E-state index is -0.618. The van der Waals surface area contributed by atoms with E-state index >= 15 is 0 Å². The molecule has 5 heteroatoms. The second kappa shape index (κ2) is 6.35. The molecule has 0 saturated carbocycles. The van der Waals surface area contributed by atoms with Gasteiger partial charge < -0.3 is 16.2 Å². The van der Waals surface area contributed by atoms with Gasteiger partial charge in [0.15, 0.2) is 0 Å². The standard InChI is InChI=1S/C13H19FN2O2/c1-8(2)5-10(7-17)16-13(18)9-3-4-12(15)11(14)6-9/h3-4,6,8,10,17H,5,7,15H2,1-2H3,(H,16,18). The fourth-order valence-electron chi connectivity index (χ4n) is 1.69. The number of nitrogens with two attached hydrogens (primary N) is 1. The molecule has 0 bridgehead atoms. The van der Waals surface area contributed by atoms with Crippen LogP contribution in [0.2, 0.25) is 0 Å². The van der Waals surface area contributed by atoms with Crippen LogP contribution in [0.5, 0.6) is 0 Å². The zero-order chi connectivity index (χ0) is 13.7. The number of carbonyl (C=O) groups is 1. The second-order valence-electron chi connectivity index (χ2n) is 4.72. The highest BCUT2D eigenvalue weighted by molar-refractivity contribution is 5.94. The molecule has 0 aliphatic carbocycles. The lowest BCUT2D eigenvalue weighted by Crippen LogP contribution is -2.38. The first-order valence-corrected chi connectivity index (χ1v) is 5.90. The highest BCUT2D eigenvalue weighted by Crippen LogP contribution is 2.12. The number of aliphatic hydroxyl groups excluding tert-OH is 1. The Balaban J connectivity index is 2.71. The predicted molar refractivity (Wildman–Crippen MR) is 68.6 cm³/mol. The molecule has 1 rings (SSSR count). The van der Waals surface area contributed by atoms with E-state index in [1.165, 1.54) is 12.1 Å². The predicted octanol–water partition coefficient (Wildman–Crippen LogP) is 1.54. The molecule has 0 aromatic heterocycles. The van der Waals surface area contributed by atoms with Crippen molar-refractivity contribution in [1.29, 1.82) is 0 Å². The number of rotatable bonds is 5. The summed E-state index contributed by atoms with van der Waals surface area (Å²) in [5, 5.41) is 11.8. The molecule has 18 heavy (non-hydrogen) atoms. The summed E-state index contributed by atoms with van der Waals surface area (Å²) in [5.41, 5.74) is 5.54. The van der Waals surface area contributed by atoms with Gasteiger partial charge >= 0.3 is 0 Å². The number of hydrogen-bond donors (Lipinski definition) is 3. The van der Waals surface area contributed by atoms with Crippen LogP contribution in [-0.4, -0.2) is 23.7 Å². The number of carbonyl (C=O) groups excluding carboxylic acids is 1. The Labute approximate surface area is 106 Å². The molecular weight excluding hydrogens is 235 g/mol. The molecule has 1 amide bonds. The van der Waals surface area contributed by atoms with E-state index in [1.54, 1.807) is 0 Å². The first-order valence-electron chi connectivity index (χ1n) is 5.90. The van der Waals surface area contributed by atoms with Crippen molar-refractivity contribution in [3.05, 3.63) is 29.6 Å². The third kappa shape index (κ3) is 4.00. The Morgan fingerprint density at radius 3 is 2.67 bits per heavy atom. The molecule has 4 N–H and O–H groups in total. The lowest BCUT2D eigenvalue weighted by atomic mass is 10.0. The third-order valence-electron chi connectivity index (χ3n) is 2.57. The fraction of sp³-hybridized carbons (Fsp3) is 0.462. The van der Waals surface area contributed by atoms with Crippen LogP contribution in [0.25, 0.3) is 0 Å². The summed E-state index contributed by atoms with van der Waals surface area (Å²) >= 11 is 0. The number of benzene rings is 1. The van der Waals surface area contributed by atoms with Gasteiger partial charge in [-0.05, 0) is 30.5 Å². The van der Waals surface area contributed by atoms with Crippen molar-refractivity contribution in [1.82, 2.24) is 5.32 Å². The van der Waals surface area contributed by atoms with Crippen molar-refractivity contribution in [3.63, 3.8) is 0 Å². The van der Waals surface area contributed by atoms with Crippen LogP contribution in [0.4, 0.5) is 10.1 Å². The summed E-state index contributed by atoms with van der Waals surface area (Å²) in [6.07, 6.45) is 0.666. The molecule has 0 aliphatic rings. The van der Waals surface area contributed by atoms with Gasteiger partial charge in [-0.25, -0.2) is 4.39 Å². The van der Waals surface area contributed by atoms with E-state index in [9.17, 15) is 9.18 Å². The van der Waals surface area contributed by atoms with E-state index in [2.05, 4.69) is 5.32 Å². The monoisotopic (exact) mass is 254 g/mol. The maximum atomic E-state index is 13.2. The quantitative estimate of drug-likeness (QED) is 0.698. The average molecular weight is 254 g/mol. The number of hydrogen-bond acceptors (Lipinski definition) is 3. The van der Waals surface area contributed by atoms with E-state index in [-0.39, 0.29) is 23.9 Å². The van der Waals surface area contributed by atoms with Crippen LogP contribution in [-0.2, 0) is 0 Å². The summed E-state index contributed by atoms with van der Waals surface area (Å²) in [6.45, 7) is 3.86. The molecule has 1 aromatic carbocycles. The smallest absolute Gasteiger partial charge is 0.251 e. The molecule has 0 heterocycles. The number of aliphatic hydroxyl groups is 1. The van der Waals surface area contributed by atoms with Gasteiger partial charge in [0.05, 0.1) is 18.3 Å². The number of nitrogen functional groups attached to an aromatic ring is 1. The molecule has 0 spiro atoms. The van der Waals surface area contributed by atoms with Crippen molar-refractivity contribution in [3.8, 4) is 0 Å². The minimum absolute atomic E-state index is 0.00689. The molecule has 4 nitrogen and oxygen atoms in total. The Kier molecular flexibility index (Phi) is 5.09. The average Bonchev–Trinajstić information content (AvgIpc) is 2.31. The molecule has 0 radical (unpaired) electrons. The summed E-state index contributed by atoms with van der Waals surface area (Å²) < 4.78 is 13.2. The minimum Gasteiger partial charge on any atom is -0.396 e. The van der Waals surface area contributed by atoms with Crippen molar-refractivity contribution in [2.75, 3.05) is 12.3 Å². The van der Waals surface area contributed by atoms with Gasteiger partial charge in [0.2, 0.25) is 0 Å². The van der Waals surface area contributed by atoms with Gasteiger partial charge in [0.1, 0.15) is 5.82 Å². The van der Waals surface area contributed by atoms with E-state index < -0.39 is 11.7 Å². The number of halogens is 1. The second-order valence-corrected chi connectivity index (χ2v) is 4.72. The number of nitrogens with one attached hydrogen (secondary N) is 1. The SMILES string of the molecule is CC(C)CC(CO)NC(=O)c1ccc(N)c(F)c1. The zero-order valence-electron chi connectivity index (χ0n) is 10.6. The largest absolute Gasteiger partial charge is 0.396 e. The summed E-state index contributed by atoms with van der Waals surface area (Å²) in [7, 11) is 0. The molecule has 1 aromatic rings. The van der Waals surface area contributed by atoms with Crippen molar-refractivity contribution in [2.45, 2.75) is 26.3 Å². The number of anilines is 1. The summed E-state index contributed by atoms with van der Waals surface area (Å²) in [5.74, 6) is -0.675.